The highest BCUT2D eigenvalue weighted by molar-refractivity contribution is 5.92. The lowest BCUT2D eigenvalue weighted by atomic mass is 10.0. The number of hydrogen-bond acceptors (Lipinski definition) is 5. The second-order valence-corrected chi connectivity index (χ2v) is 7.07. The van der Waals surface area contributed by atoms with Gasteiger partial charge in [-0.05, 0) is 37.5 Å². The SMILES string of the molecule is Cc1cnc(C(=O)N[C@@H]2CCC[C@@H]2C(=O)NCc2ccc(OC(F)(F)F)cc2)cn1. The maximum atomic E-state index is 12.6. The van der Waals surface area contributed by atoms with Gasteiger partial charge in [-0.2, -0.15) is 0 Å². The number of carbonyl (C=O) groups excluding carboxylic acids is 2. The quantitative estimate of drug-likeness (QED) is 0.747. The maximum absolute atomic E-state index is 12.6. The fourth-order valence-corrected chi connectivity index (χ4v) is 3.33. The molecule has 1 fully saturated rings. The summed E-state index contributed by atoms with van der Waals surface area (Å²) in [5.41, 5.74) is 1.52. The number of halogens is 3. The summed E-state index contributed by atoms with van der Waals surface area (Å²) < 4.78 is 40.4. The highest BCUT2D eigenvalue weighted by atomic mass is 19.4. The largest absolute Gasteiger partial charge is 0.573 e. The first-order valence-corrected chi connectivity index (χ1v) is 9.43. The third kappa shape index (κ3) is 5.91. The van der Waals surface area contributed by atoms with E-state index in [0.29, 0.717) is 24.1 Å². The number of aromatic nitrogens is 2. The van der Waals surface area contributed by atoms with Gasteiger partial charge in [-0.15, -0.1) is 13.2 Å². The van der Waals surface area contributed by atoms with Crippen molar-refractivity contribution in [2.75, 3.05) is 0 Å². The highest BCUT2D eigenvalue weighted by Gasteiger charge is 2.34. The number of nitrogens with zero attached hydrogens (tertiary/aromatic N) is 2. The van der Waals surface area contributed by atoms with E-state index in [-0.39, 0.29) is 41.8 Å². The van der Waals surface area contributed by atoms with Crippen molar-refractivity contribution < 1.29 is 27.5 Å². The summed E-state index contributed by atoms with van der Waals surface area (Å²) in [7, 11) is 0. The first kappa shape index (κ1) is 21.5. The van der Waals surface area contributed by atoms with Crippen LogP contribution < -0.4 is 15.4 Å². The van der Waals surface area contributed by atoms with Crippen molar-refractivity contribution in [2.24, 2.45) is 5.92 Å². The fraction of sp³-hybridized carbons (Fsp3) is 0.400. The topological polar surface area (TPSA) is 93.2 Å². The summed E-state index contributed by atoms with van der Waals surface area (Å²) in [6.07, 6.45) is 0.245. The molecule has 7 nitrogen and oxygen atoms in total. The van der Waals surface area contributed by atoms with Crippen LogP contribution in [0.1, 0.15) is 41.0 Å². The molecule has 1 aromatic carbocycles. The molecule has 2 aromatic rings. The summed E-state index contributed by atoms with van der Waals surface area (Å²) in [4.78, 5) is 33.0. The van der Waals surface area contributed by atoms with Crippen LogP contribution in [0.25, 0.3) is 0 Å². The predicted octanol–water partition coefficient (Wildman–Crippen LogP) is 2.90. The molecule has 2 atom stereocenters. The lowest BCUT2D eigenvalue weighted by Gasteiger charge is -2.20. The van der Waals surface area contributed by atoms with Gasteiger partial charge in [-0.25, -0.2) is 4.98 Å². The van der Waals surface area contributed by atoms with Gasteiger partial charge in [-0.1, -0.05) is 18.6 Å². The molecule has 1 aromatic heterocycles. The second-order valence-electron chi connectivity index (χ2n) is 7.07. The molecular weight excluding hydrogens is 401 g/mol. The van der Waals surface area contributed by atoms with Gasteiger partial charge in [0, 0.05) is 18.8 Å². The zero-order chi connectivity index (χ0) is 21.7. The molecule has 2 amide bonds. The van der Waals surface area contributed by atoms with E-state index in [2.05, 4.69) is 25.3 Å². The van der Waals surface area contributed by atoms with Crippen LogP contribution in [-0.2, 0) is 11.3 Å². The number of amides is 2. The van der Waals surface area contributed by atoms with Gasteiger partial charge in [0.2, 0.25) is 5.91 Å². The number of nitrogens with one attached hydrogen (secondary N) is 2. The zero-order valence-corrected chi connectivity index (χ0v) is 16.2. The average molecular weight is 422 g/mol. The lowest BCUT2D eigenvalue weighted by molar-refractivity contribution is -0.274. The fourth-order valence-electron chi connectivity index (χ4n) is 3.33. The van der Waals surface area contributed by atoms with Crippen LogP contribution >= 0.6 is 0 Å². The Kier molecular flexibility index (Phi) is 6.53. The van der Waals surface area contributed by atoms with Gasteiger partial charge in [0.1, 0.15) is 11.4 Å². The van der Waals surface area contributed by atoms with Gasteiger partial charge in [0.15, 0.2) is 0 Å². The van der Waals surface area contributed by atoms with Gasteiger partial charge >= 0.3 is 6.36 Å². The Morgan fingerprint density at radius 1 is 1.13 bits per heavy atom. The minimum Gasteiger partial charge on any atom is -0.406 e. The van der Waals surface area contributed by atoms with Gasteiger partial charge in [-0.3, -0.25) is 14.6 Å². The molecule has 0 bridgehead atoms. The zero-order valence-electron chi connectivity index (χ0n) is 16.2. The molecule has 0 spiro atoms. The molecule has 1 aliphatic rings. The maximum Gasteiger partial charge on any atom is 0.573 e. The molecule has 2 N–H and O–H groups in total. The van der Waals surface area contributed by atoms with Crippen LogP contribution in [0.3, 0.4) is 0 Å². The summed E-state index contributed by atoms with van der Waals surface area (Å²) >= 11 is 0. The van der Waals surface area contributed by atoms with E-state index in [1.165, 1.54) is 36.7 Å². The number of carbonyl (C=O) groups is 2. The monoisotopic (exact) mass is 422 g/mol. The van der Waals surface area contributed by atoms with E-state index in [1.807, 2.05) is 0 Å². The molecule has 30 heavy (non-hydrogen) atoms. The number of ether oxygens (including phenoxy) is 1. The minimum atomic E-state index is -4.75. The van der Waals surface area contributed by atoms with Crippen LogP contribution in [0.5, 0.6) is 5.75 Å². The lowest BCUT2D eigenvalue weighted by Crippen LogP contribution is -2.44. The normalized spacial score (nSPS) is 18.7. The van der Waals surface area contributed by atoms with Crippen molar-refractivity contribution in [2.45, 2.75) is 45.1 Å². The Morgan fingerprint density at radius 2 is 1.87 bits per heavy atom. The van der Waals surface area contributed by atoms with E-state index in [4.69, 9.17) is 0 Å². The molecule has 1 heterocycles. The van der Waals surface area contributed by atoms with Crippen LogP contribution in [0.15, 0.2) is 36.7 Å². The summed E-state index contributed by atoms with van der Waals surface area (Å²) in [6, 6.07) is 4.96. The van der Waals surface area contributed by atoms with Crippen molar-refractivity contribution in [3.8, 4) is 5.75 Å². The van der Waals surface area contributed by atoms with Gasteiger partial charge < -0.3 is 15.4 Å². The Labute approximate surface area is 171 Å². The van der Waals surface area contributed by atoms with Gasteiger partial charge in [0.05, 0.1) is 17.8 Å². The second kappa shape index (κ2) is 9.10. The molecule has 1 aliphatic carbocycles. The molecule has 3 rings (SSSR count). The van der Waals surface area contributed by atoms with Crippen LogP contribution in [0.4, 0.5) is 13.2 Å². The Bertz CT molecular complexity index is 886. The molecule has 160 valence electrons. The summed E-state index contributed by atoms with van der Waals surface area (Å²) in [5.74, 6) is -1.31. The minimum absolute atomic E-state index is 0.158. The Morgan fingerprint density at radius 3 is 2.50 bits per heavy atom. The van der Waals surface area contributed by atoms with Crippen molar-refractivity contribution in [3.63, 3.8) is 0 Å². The molecule has 10 heteroatoms. The average Bonchev–Trinajstić information content (AvgIpc) is 3.14. The Balaban J connectivity index is 1.53. The summed E-state index contributed by atoms with van der Waals surface area (Å²) in [5, 5.41) is 5.63. The van der Waals surface area contributed by atoms with E-state index >= 15 is 0 Å². The third-order valence-corrected chi connectivity index (χ3v) is 4.81. The molecular formula is C20H21F3N4O3. The van der Waals surface area contributed by atoms with Crippen LogP contribution in [-0.4, -0.2) is 34.2 Å². The summed E-state index contributed by atoms with van der Waals surface area (Å²) in [6.45, 7) is 1.93. The standard InChI is InChI=1S/C20H21F3N4O3/c1-12-9-25-17(11-24-12)19(29)27-16-4-2-3-15(16)18(28)26-10-13-5-7-14(8-6-13)30-20(21,22)23/h5-9,11,15-16H,2-4,10H2,1H3,(H,26,28)(H,27,29)/t15-,16+/m0/s1. The predicted molar refractivity (Wildman–Crippen MR) is 100 cm³/mol. The van der Waals surface area contributed by atoms with Crippen molar-refractivity contribution in [1.82, 2.24) is 20.6 Å². The van der Waals surface area contributed by atoms with Crippen molar-refractivity contribution >= 4 is 11.8 Å². The number of benzene rings is 1. The van der Waals surface area contributed by atoms with E-state index in [1.54, 1.807) is 6.92 Å². The molecule has 0 unspecified atom stereocenters. The van der Waals surface area contributed by atoms with E-state index < -0.39 is 6.36 Å². The highest BCUT2D eigenvalue weighted by Crippen LogP contribution is 2.26. The number of alkyl halides is 3. The van der Waals surface area contributed by atoms with Crippen molar-refractivity contribution in [3.05, 3.63) is 53.6 Å². The van der Waals surface area contributed by atoms with Gasteiger partial charge in [0.25, 0.3) is 5.91 Å². The third-order valence-electron chi connectivity index (χ3n) is 4.81. The molecule has 0 aliphatic heterocycles. The molecule has 1 saturated carbocycles. The smallest absolute Gasteiger partial charge is 0.406 e. The first-order chi connectivity index (χ1) is 14.2. The van der Waals surface area contributed by atoms with Crippen LogP contribution in [0.2, 0.25) is 0 Å². The number of rotatable bonds is 6. The van der Waals surface area contributed by atoms with E-state index in [9.17, 15) is 22.8 Å². The molecule has 0 radical (unpaired) electrons. The van der Waals surface area contributed by atoms with Crippen LogP contribution in [0, 0.1) is 12.8 Å². The number of aryl methyl sites for hydroxylation is 1. The molecule has 0 saturated heterocycles. The first-order valence-electron chi connectivity index (χ1n) is 9.43. The number of hydrogen-bond donors (Lipinski definition) is 2. The van der Waals surface area contributed by atoms with E-state index in [0.717, 1.165) is 6.42 Å². The Hall–Kier alpha value is -3.17. The van der Waals surface area contributed by atoms with Crippen molar-refractivity contribution in [1.29, 1.82) is 0 Å².